The van der Waals surface area contributed by atoms with E-state index in [0.717, 1.165) is 25.3 Å². The number of aromatic carboxylic acids is 1. The van der Waals surface area contributed by atoms with Crippen molar-refractivity contribution in [2.24, 2.45) is 7.05 Å². The van der Waals surface area contributed by atoms with Crippen LogP contribution >= 0.6 is 0 Å². The molecule has 1 aromatic rings. The number of nitrogens with one attached hydrogen (secondary N) is 1. The topological polar surface area (TPSA) is 61.0 Å². The number of nitrogens with zero attached hydrogens (tertiary/aromatic N) is 2. The van der Waals surface area contributed by atoms with E-state index in [2.05, 4.69) is 5.32 Å². The summed E-state index contributed by atoms with van der Waals surface area (Å²) >= 11 is 0. The molecule has 0 amide bonds. The standard InChI is InChI=1S/C8H11N3O2/c1-10-6(8(12)13)5-7-9-3-2-4-11(7)10/h5H,2-4H2,1H3,(H,12,13). The first-order valence-corrected chi connectivity index (χ1v) is 4.25. The highest BCUT2D eigenvalue weighted by Gasteiger charge is 2.22. The van der Waals surface area contributed by atoms with Gasteiger partial charge < -0.3 is 15.2 Å². The third-order valence-electron chi connectivity index (χ3n) is 2.32. The maximum absolute atomic E-state index is 10.7. The summed E-state index contributed by atoms with van der Waals surface area (Å²) < 4.78 is 3.51. The van der Waals surface area contributed by atoms with Gasteiger partial charge in [-0.15, -0.1) is 9.36 Å². The smallest absolute Gasteiger partial charge is 0.255 e. The minimum Gasteiger partial charge on any atom is -0.539 e. The van der Waals surface area contributed by atoms with Crippen molar-refractivity contribution < 1.29 is 14.6 Å². The van der Waals surface area contributed by atoms with Crippen LogP contribution < -0.4 is 15.1 Å². The number of fused-ring (bicyclic) bond motifs is 1. The third kappa shape index (κ3) is 1.16. The summed E-state index contributed by atoms with van der Waals surface area (Å²) in [6, 6.07) is 1.61. The van der Waals surface area contributed by atoms with Crippen LogP contribution in [0.3, 0.4) is 0 Å². The van der Waals surface area contributed by atoms with Crippen LogP contribution in [0.5, 0.6) is 0 Å². The van der Waals surface area contributed by atoms with E-state index in [-0.39, 0.29) is 5.69 Å². The summed E-state index contributed by atoms with van der Waals surface area (Å²) in [7, 11) is 1.72. The van der Waals surface area contributed by atoms with Crippen molar-refractivity contribution in [3.63, 3.8) is 0 Å². The Labute approximate surface area is 75.6 Å². The lowest BCUT2D eigenvalue weighted by Crippen LogP contribution is -2.47. The molecule has 2 heterocycles. The lowest BCUT2D eigenvalue weighted by atomic mass is 10.3. The quantitative estimate of drug-likeness (QED) is 0.536. The van der Waals surface area contributed by atoms with Gasteiger partial charge in [0.2, 0.25) is 0 Å². The minimum absolute atomic E-state index is 0.212. The molecule has 0 aliphatic carbocycles. The summed E-state index contributed by atoms with van der Waals surface area (Å²) in [5, 5.41) is 13.8. The molecule has 5 heteroatoms. The predicted octanol–water partition coefficient (Wildman–Crippen LogP) is -1.51. The van der Waals surface area contributed by atoms with Crippen LogP contribution in [0.25, 0.3) is 0 Å². The normalized spacial score (nSPS) is 14.8. The maximum atomic E-state index is 10.7. The predicted molar refractivity (Wildman–Crippen MR) is 43.0 cm³/mol. The fraction of sp³-hybridized carbons (Fsp3) is 0.500. The first-order valence-electron chi connectivity index (χ1n) is 4.25. The van der Waals surface area contributed by atoms with Crippen molar-refractivity contribution in [3.8, 4) is 0 Å². The maximum Gasteiger partial charge on any atom is 0.255 e. The molecule has 13 heavy (non-hydrogen) atoms. The molecule has 1 aromatic heterocycles. The molecule has 5 nitrogen and oxygen atoms in total. The molecule has 2 rings (SSSR count). The SMILES string of the molecule is C[n+]1c(C(=O)[O-])cc2n1CCCN2. The van der Waals surface area contributed by atoms with E-state index in [9.17, 15) is 9.90 Å². The third-order valence-corrected chi connectivity index (χ3v) is 2.32. The number of carbonyl (C=O) groups is 1. The highest BCUT2D eigenvalue weighted by atomic mass is 16.4. The molecule has 1 N–H and O–H groups in total. The molecule has 0 bridgehead atoms. The Hall–Kier alpha value is -1.52. The van der Waals surface area contributed by atoms with Gasteiger partial charge in [0.15, 0.2) is 12.9 Å². The largest absolute Gasteiger partial charge is 0.539 e. The number of anilines is 1. The molecule has 0 radical (unpaired) electrons. The zero-order valence-electron chi connectivity index (χ0n) is 7.41. The first-order chi connectivity index (χ1) is 6.20. The van der Waals surface area contributed by atoms with Gasteiger partial charge in [0.25, 0.3) is 5.69 Å². The van der Waals surface area contributed by atoms with Crippen LogP contribution in [0, 0.1) is 0 Å². The van der Waals surface area contributed by atoms with Crippen molar-refractivity contribution in [2.45, 2.75) is 13.0 Å². The number of carbonyl (C=O) groups excluding carboxylic acids is 1. The summed E-state index contributed by atoms with van der Waals surface area (Å²) in [5.41, 5.74) is 0.212. The number of hydrogen-bond donors (Lipinski definition) is 1. The Morgan fingerprint density at radius 3 is 3.15 bits per heavy atom. The van der Waals surface area contributed by atoms with Gasteiger partial charge in [-0.2, -0.15) is 0 Å². The molecular weight excluding hydrogens is 170 g/mol. The summed E-state index contributed by atoms with van der Waals surface area (Å²) in [4.78, 5) is 10.7. The van der Waals surface area contributed by atoms with Gasteiger partial charge in [-0.3, -0.25) is 0 Å². The molecule has 0 saturated heterocycles. The Bertz CT molecular complexity index is 357. The zero-order chi connectivity index (χ0) is 9.42. The zero-order valence-corrected chi connectivity index (χ0v) is 7.41. The monoisotopic (exact) mass is 181 g/mol. The van der Waals surface area contributed by atoms with Gasteiger partial charge in [0.1, 0.15) is 5.97 Å². The second-order valence-corrected chi connectivity index (χ2v) is 3.13. The van der Waals surface area contributed by atoms with Gasteiger partial charge in [-0.05, 0) is 6.42 Å². The molecule has 0 aromatic carbocycles. The number of hydrogen-bond acceptors (Lipinski definition) is 3. The second kappa shape index (κ2) is 2.76. The molecule has 0 spiro atoms. The van der Waals surface area contributed by atoms with Crippen molar-refractivity contribution in [2.75, 3.05) is 11.9 Å². The Kier molecular flexibility index (Phi) is 1.72. The van der Waals surface area contributed by atoms with Gasteiger partial charge >= 0.3 is 0 Å². The van der Waals surface area contributed by atoms with Crippen molar-refractivity contribution in [1.29, 1.82) is 0 Å². The molecule has 0 unspecified atom stereocenters. The van der Waals surface area contributed by atoms with Crippen LogP contribution in [0.4, 0.5) is 5.82 Å². The van der Waals surface area contributed by atoms with Crippen LogP contribution in [-0.4, -0.2) is 17.2 Å². The van der Waals surface area contributed by atoms with Crippen LogP contribution in [0.1, 0.15) is 16.9 Å². The molecule has 0 fully saturated rings. The van der Waals surface area contributed by atoms with E-state index >= 15 is 0 Å². The second-order valence-electron chi connectivity index (χ2n) is 3.13. The summed E-state index contributed by atoms with van der Waals surface area (Å²) in [6.07, 6.45) is 1.02. The van der Waals surface area contributed by atoms with Crippen LogP contribution in [0.2, 0.25) is 0 Å². The molecule has 1 aliphatic heterocycles. The Morgan fingerprint density at radius 1 is 1.77 bits per heavy atom. The highest BCUT2D eigenvalue weighted by Crippen LogP contribution is 2.12. The van der Waals surface area contributed by atoms with Gasteiger partial charge in [0.05, 0.1) is 12.6 Å². The highest BCUT2D eigenvalue weighted by molar-refractivity contribution is 5.82. The Balaban J connectivity index is 2.50. The van der Waals surface area contributed by atoms with E-state index in [4.69, 9.17) is 0 Å². The molecular formula is C8H11N3O2. The summed E-state index contributed by atoms with van der Waals surface area (Å²) in [5.74, 6) is -0.279. The molecule has 70 valence electrons. The fourth-order valence-electron chi connectivity index (χ4n) is 1.64. The minimum atomic E-state index is -1.13. The molecule has 1 aliphatic rings. The first kappa shape index (κ1) is 8.10. The van der Waals surface area contributed by atoms with Gasteiger partial charge in [-0.25, -0.2) is 0 Å². The van der Waals surface area contributed by atoms with E-state index < -0.39 is 5.97 Å². The lowest BCUT2D eigenvalue weighted by Gasteiger charge is -2.12. The van der Waals surface area contributed by atoms with Crippen molar-refractivity contribution in [1.82, 2.24) is 4.68 Å². The van der Waals surface area contributed by atoms with Crippen LogP contribution in [0.15, 0.2) is 6.07 Å². The average Bonchev–Trinajstić information content (AvgIpc) is 2.45. The van der Waals surface area contributed by atoms with Crippen LogP contribution in [-0.2, 0) is 13.6 Å². The van der Waals surface area contributed by atoms with E-state index in [0.29, 0.717) is 0 Å². The number of carboxylic acids is 1. The lowest BCUT2D eigenvalue weighted by molar-refractivity contribution is -0.756. The van der Waals surface area contributed by atoms with Crippen molar-refractivity contribution >= 4 is 11.8 Å². The van der Waals surface area contributed by atoms with E-state index in [1.54, 1.807) is 17.8 Å². The van der Waals surface area contributed by atoms with E-state index in [1.807, 2.05) is 4.68 Å². The molecule has 0 saturated carbocycles. The Morgan fingerprint density at radius 2 is 2.54 bits per heavy atom. The average molecular weight is 181 g/mol. The van der Waals surface area contributed by atoms with E-state index in [1.165, 1.54) is 0 Å². The fourth-order valence-corrected chi connectivity index (χ4v) is 1.64. The number of rotatable bonds is 1. The van der Waals surface area contributed by atoms with Crippen molar-refractivity contribution in [3.05, 3.63) is 11.8 Å². The summed E-state index contributed by atoms with van der Waals surface area (Å²) in [6.45, 7) is 1.75. The number of aromatic nitrogens is 2. The van der Waals surface area contributed by atoms with Gasteiger partial charge in [-0.1, -0.05) is 0 Å². The molecule has 0 atom stereocenters. The van der Waals surface area contributed by atoms with Gasteiger partial charge in [0, 0.05) is 6.54 Å². The number of carboxylic acid groups (broad SMARTS) is 1.